The van der Waals surface area contributed by atoms with Crippen molar-refractivity contribution < 1.29 is 5.03 Å². The fraction of sp³-hybridized carbons (Fsp3) is 0.400. The SMILES string of the molecule is CCCN/C(=N\[N+](=O)[O-])NCc1ccc(Cl)nc1. The first-order valence-electron chi connectivity index (χ1n) is 5.43. The molecule has 0 bridgehead atoms. The number of hydrazone groups is 1. The van der Waals surface area contributed by atoms with Crippen molar-refractivity contribution in [2.75, 3.05) is 6.54 Å². The standard InChI is InChI=1S/C10H14ClN5O2/c1-2-5-12-10(15-16(17)18)14-7-8-3-4-9(11)13-6-8/h3-4,6H,2,5,7H2,1H3,(H2,12,14,15). The lowest BCUT2D eigenvalue weighted by Crippen LogP contribution is -2.38. The molecule has 98 valence electrons. The highest BCUT2D eigenvalue weighted by Gasteiger charge is 2.04. The van der Waals surface area contributed by atoms with E-state index in [1.54, 1.807) is 18.3 Å². The van der Waals surface area contributed by atoms with Crippen molar-refractivity contribution in [3.8, 4) is 0 Å². The molecule has 0 aliphatic heterocycles. The van der Waals surface area contributed by atoms with Gasteiger partial charge in [-0.15, -0.1) is 0 Å². The number of rotatable bonds is 5. The van der Waals surface area contributed by atoms with Crippen molar-refractivity contribution >= 4 is 17.6 Å². The van der Waals surface area contributed by atoms with Crippen molar-refractivity contribution in [3.63, 3.8) is 0 Å². The summed E-state index contributed by atoms with van der Waals surface area (Å²) in [5, 5.41) is 18.9. The smallest absolute Gasteiger partial charge is 0.269 e. The van der Waals surface area contributed by atoms with Crippen LogP contribution in [0.3, 0.4) is 0 Å². The summed E-state index contributed by atoms with van der Waals surface area (Å²) >= 11 is 5.65. The third-order valence-corrected chi connectivity index (χ3v) is 2.20. The maximum absolute atomic E-state index is 10.3. The lowest BCUT2D eigenvalue weighted by atomic mass is 10.3. The van der Waals surface area contributed by atoms with E-state index in [1.807, 2.05) is 6.92 Å². The topological polar surface area (TPSA) is 92.5 Å². The third-order valence-electron chi connectivity index (χ3n) is 1.97. The zero-order valence-corrected chi connectivity index (χ0v) is 10.6. The molecule has 0 aliphatic carbocycles. The molecule has 0 aliphatic rings. The predicted molar refractivity (Wildman–Crippen MR) is 68.8 cm³/mol. The molecule has 0 fully saturated rings. The molecule has 0 unspecified atom stereocenters. The van der Waals surface area contributed by atoms with Crippen LogP contribution in [0.25, 0.3) is 0 Å². The third kappa shape index (κ3) is 5.44. The van der Waals surface area contributed by atoms with Crippen LogP contribution in [0.4, 0.5) is 0 Å². The first-order chi connectivity index (χ1) is 8.61. The van der Waals surface area contributed by atoms with E-state index >= 15 is 0 Å². The Bertz CT molecular complexity index is 421. The van der Waals surface area contributed by atoms with E-state index < -0.39 is 5.03 Å². The number of aromatic nitrogens is 1. The normalized spacial score (nSPS) is 11.1. The maximum atomic E-state index is 10.3. The Labute approximate surface area is 109 Å². The van der Waals surface area contributed by atoms with Gasteiger partial charge in [-0.1, -0.05) is 24.6 Å². The van der Waals surface area contributed by atoms with E-state index in [0.717, 1.165) is 12.0 Å². The molecule has 0 saturated heterocycles. The highest BCUT2D eigenvalue weighted by atomic mass is 35.5. The van der Waals surface area contributed by atoms with Gasteiger partial charge in [0.2, 0.25) is 0 Å². The first kappa shape index (κ1) is 14.2. The van der Waals surface area contributed by atoms with Gasteiger partial charge in [0, 0.05) is 19.3 Å². The molecular formula is C10H14ClN5O2. The summed E-state index contributed by atoms with van der Waals surface area (Å²) in [4.78, 5) is 14.2. The van der Waals surface area contributed by atoms with Crippen molar-refractivity contribution in [1.29, 1.82) is 0 Å². The maximum Gasteiger partial charge on any atom is 0.269 e. The predicted octanol–water partition coefficient (Wildman–Crippen LogP) is 1.37. The van der Waals surface area contributed by atoms with Gasteiger partial charge in [-0.2, -0.15) is 0 Å². The molecular weight excluding hydrogens is 258 g/mol. The summed E-state index contributed by atoms with van der Waals surface area (Å²) in [5.41, 5.74) is 0.855. The molecule has 1 aromatic rings. The molecule has 7 nitrogen and oxygen atoms in total. The van der Waals surface area contributed by atoms with Gasteiger partial charge < -0.3 is 10.6 Å². The number of nitrogens with zero attached hydrogens (tertiary/aromatic N) is 3. The van der Waals surface area contributed by atoms with Crippen LogP contribution in [0.1, 0.15) is 18.9 Å². The number of nitrogens with one attached hydrogen (secondary N) is 2. The molecule has 0 atom stereocenters. The molecule has 0 amide bonds. The molecule has 1 aromatic heterocycles. The largest absolute Gasteiger partial charge is 0.351 e. The Hall–Kier alpha value is -1.89. The highest BCUT2D eigenvalue weighted by molar-refractivity contribution is 6.29. The van der Waals surface area contributed by atoms with Gasteiger partial charge >= 0.3 is 0 Å². The van der Waals surface area contributed by atoms with E-state index in [2.05, 4.69) is 20.7 Å². The summed E-state index contributed by atoms with van der Waals surface area (Å²) in [6, 6.07) is 3.44. The fourth-order valence-corrected chi connectivity index (χ4v) is 1.27. The molecule has 0 aromatic carbocycles. The first-order valence-corrected chi connectivity index (χ1v) is 5.80. The lowest BCUT2D eigenvalue weighted by Gasteiger charge is -2.08. The zero-order chi connectivity index (χ0) is 13.4. The number of guanidine groups is 1. The lowest BCUT2D eigenvalue weighted by molar-refractivity contribution is -0.485. The summed E-state index contributed by atoms with van der Waals surface area (Å²) < 4.78 is 0. The molecule has 8 heteroatoms. The van der Waals surface area contributed by atoms with Gasteiger partial charge in [-0.25, -0.2) is 15.1 Å². The van der Waals surface area contributed by atoms with E-state index in [1.165, 1.54) is 0 Å². The molecule has 1 rings (SSSR count). The van der Waals surface area contributed by atoms with Crippen LogP contribution in [0.15, 0.2) is 23.4 Å². The average molecular weight is 272 g/mol. The number of nitro groups is 1. The van der Waals surface area contributed by atoms with Crippen molar-refractivity contribution in [3.05, 3.63) is 39.2 Å². The van der Waals surface area contributed by atoms with Gasteiger partial charge in [-0.3, -0.25) is 0 Å². The van der Waals surface area contributed by atoms with Gasteiger partial charge in [0.25, 0.3) is 5.96 Å². The van der Waals surface area contributed by atoms with Crippen LogP contribution < -0.4 is 10.6 Å². The van der Waals surface area contributed by atoms with E-state index in [0.29, 0.717) is 18.2 Å². The van der Waals surface area contributed by atoms with Gasteiger partial charge in [0.1, 0.15) is 10.3 Å². The van der Waals surface area contributed by atoms with E-state index in [9.17, 15) is 10.1 Å². The Morgan fingerprint density at radius 3 is 2.89 bits per heavy atom. The summed E-state index contributed by atoms with van der Waals surface area (Å²) in [6.45, 7) is 2.95. The molecule has 0 radical (unpaired) electrons. The van der Waals surface area contributed by atoms with E-state index in [4.69, 9.17) is 11.6 Å². The number of hydrogen-bond donors (Lipinski definition) is 2. The monoisotopic (exact) mass is 271 g/mol. The van der Waals surface area contributed by atoms with Crippen LogP contribution in [-0.2, 0) is 6.54 Å². The Kier molecular flexibility index (Phi) is 5.86. The minimum atomic E-state index is -0.745. The second-order valence-electron chi connectivity index (χ2n) is 3.46. The zero-order valence-electron chi connectivity index (χ0n) is 9.89. The van der Waals surface area contributed by atoms with Crippen molar-refractivity contribution in [1.82, 2.24) is 15.6 Å². The Morgan fingerprint density at radius 2 is 2.33 bits per heavy atom. The number of hydrogen-bond acceptors (Lipinski definition) is 3. The molecule has 2 N–H and O–H groups in total. The van der Waals surface area contributed by atoms with Crippen LogP contribution >= 0.6 is 11.6 Å². The minimum Gasteiger partial charge on any atom is -0.351 e. The molecule has 18 heavy (non-hydrogen) atoms. The van der Waals surface area contributed by atoms with Gasteiger partial charge in [-0.05, 0) is 18.1 Å². The van der Waals surface area contributed by atoms with Crippen LogP contribution in [0, 0.1) is 10.1 Å². The quantitative estimate of drug-likeness (QED) is 0.277. The van der Waals surface area contributed by atoms with Crippen LogP contribution in [0.5, 0.6) is 0 Å². The van der Waals surface area contributed by atoms with Crippen LogP contribution in [0.2, 0.25) is 5.15 Å². The van der Waals surface area contributed by atoms with Gasteiger partial charge in [0.15, 0.2) is 5.03 Å². The van der Waals surface area contributed by atoms with E-state index in [-0.39, 0.29) is 5.96 Å². The molecule has 1 heterocycles. The van der Waals surface area contributed by atoms with Crippen LogP contribution in [-0.4, -0.2) is 22.5 Å². The van der Waals surface area contributed by atoms with Crippen molar-refractivity contribution in [2.24, 2.45) is 5.10 Å². The Balaban J connectivity index is 2.56. The Morgan fingerprint density at radius 1 is 1.56 bits per heavy atom. The number of pyridine rings is 1. The summed E-state index contributed by atoms with van der Waals surface area (Å²) in [5.74, 6) is 0.136. The van der Waals surface area contributed by atoms with Crippen molar-refractivity contribution in [2.45, 2.75) is 19.9 Å². The van der Waals surface area contributed by atoms with Gasteiger partial charge in [0.05, 0.1) is 0 Å². The second kappa shape index (κ2) is 7.44. The molecule has 0 spiro atoms. The summed E-state index contributed by atoms with van der Waals surface area (Å²) in [6.07, 6.45) is 2.44. The number of halogens is 1. The second-order valence-corrected chi connectivity index (χ2v) is 3.84. The highest BCUT2D eigenvalue weighted by Crippen LogP contribution is 2.04. The summed E-state index contributed by atoms with van der Waals surface area (Å²) in [7, 11) is 0. The fourth-order valence-electron chi connectivity index (χ4n) is 1.16. The average Bonchev–Trinajstić information content (AvgIpc) is 2.34. The molecule has 0 saturated carbocycles. The minimum absolute atomic E-state index is 0.136.